The summed E-state index contributed by atoms with van der Waals surface area (Å²) in [5.41, 5.74) is 0.355. The predicted molar refractivity (Wildman–Crippen MR) is 114 cm³/mol. The minimum atomic E-state index is -0.732. The molecule has 3 heterocycles. The number of morpholine rings is 1. The van der Waals surface area contributed by atoms with Crippen LogP contribution < -0.4 is 4.74 Å². The molecule has 1 unspecified atom stereocenters. The highest BCUT2D eigenvalue weighted by molar-refractivity contribution is 7.18. The Morgan fingerprint density at radius 2 is 2.03 bits per heavy atom. The molecule has 0 amide bonds. The molecule has 1 N–H and O–H groups in total. The maximum atomic E-state index is 11.8. The van der Waals surface area contributed by atoms with Crippen LogP contribution in [0.4, 0.5) is 0 Å². The number of aryl methyl sites for hydroxylation is 1. The third-order valence-corrected chi connectivity index (χ3v) is 8.31. The highest BCUT2D eigenvalue weighted by Crippen LogP contribution is 2.45. The lowest BCUT2D eigenvalue weighted by molar-refractivity contribution is -0.148. The number of nitrogens with zero attached hydrogens (tertiary/aromatic N) is 3. The van der Waals surface area contributed by atoms with Crippen LogP contribution in [0, 0.1) is 5.41 Å². The molecule has 1 atom stereocenters. The molecule has 1 saturated carbocycles. The zero-order valence-electron chi connectivity index (χ0n) is 17.4. The van der Waals surface area contributed by atoms with Crippen LogP contribution in [-0.4, -0.2) is 64.4 Å². The van der Waals surface area contributed by atoms with Gasteiger partial charge < -0.3 is 14.6 Å². The van der Waals surface area contributed by atoms with Gasteiger partial charge in [0.05, 0.1) is 24.0 Å². The first-order valence-electron chi connectivity index (χ1n) is 11.0. The van der Waals surface area contributed by atoms with Crippen molar-refractivity contribution < 1.29 is 19.4 Å². The van der Waals surface area contributed by atoms with Gasteiger partial charge in [0, 0.05) is 24.0 Å². The van der Waals surface area contributed by atoms with E-state index in [2.05, 4.69) is 14.9 Å². The Morgan fingerprint density at radius 1 is 1.27 bits per heavy atom. The van der Waals surface area contributed by atoms with E-state index >= 15 is 0 Å². The largest absolute Gasteiger partial charge is 0.481 e. The predicted octanol–water partition coefficient (Wildman–Crippen LogP) is 3.29. The number of aromatic nitrogens is 2. The number of hydrogen-bond acceptors (Lipinski definition) is 7. The molecule has 2 aromatic heterocycles. The second-order valence-electron chi connectivity index (χ2n) is 9.10. The molecule has 7 nitrogen and oxygen atoms in total. The molecule has 0 radical (unpaired) electrons. The molecule has 0 spiro atoms. The molecule has 0 aromatic carbocycles. The van der Waals surface area contributed by atoms with E-state index in [1.807, 2.05) is 6.92 Å². The van der Waals surface area contributed by atoms with Crippen molar-refractivity contribution in [1.82, 2.24) is 14.9 Å². The molecule has 8 heteroatoms. The van der Waals surface area contributed by atoms with E-state index in [1.54, 1.807) is 17.7 Å². The highest BCUT2D eigenvalue weighted by Gasteiger charge is 2.39. The molecule has 0 bridgehead atoms. The third kappa shape index (κ3) is 3.69. The normalized spacial score (nSPS) is 30.2. The Bertz CT molecular complexity index is 934. The molecule has 3 aliphatic rings. The number of rotatable bonds is 4. The lowest BCUT2D eigenvalue weighted by Gasteiger charge is -2.38. The van der Waals surface area contributed by atoms with E-state index in [0.717, 1.165) is 74.2 Å². The van der Waals surface area contributed by atoms with E-state index in [1.165, 1.54) is 4.88 Å². The van der Waals surface area contributed by atoms with E-state index in [9.17, 15) is 9.90 Å². The Morgan fingerprint density at radius 3 is 2.77 bits per heavy atom. The topological polar surface area (TPSA) is 84.8 Å². The summed E-state index contributed by atoms with van der Waals surface area (Å²) in [5.74, 6) is -0.0878. The minimum absolute atomic E-state index is 0.158. The van der Waals surface area contributed by atoms with Crippen LogP contribution in [0.1, 0.15) is 49.5 Å². The average molecular weight is 432 g/mol. The van der Waals surface area contributed by atoms with Crippen LogP contribution in [-0.2, 0) is 22.4 Å². The fraction of sp³-hybridized carbons (Fsp3) is 0.682. The lowest BCUT2D eigenvalue weighted by Crippen LogP contribution is -2.46. The van der Waals surface area contributed by atoms with E-state index in [-0.39, 0.29) is 6.10 Å². The fourth-order valence-corrected chi connectivity index (χ4v) is 6.31. The Kier molecular flexibility index (Phi) is 5.41. The number of fused-ring (bicyclic) bond motifs is 3. The van der Waals surface area contributed by atoms with Crippen LogP contribution in [0.5, 0.6) is 5.88 Å². The molecule has 1 aliphatic heterocycles. The molecular weight excluding hydrogens is 402 g/mol. The molecule has 1 saturated heterocycles. The number of ether oxygens (including phenoxy) is 2. The van der Waals surface area contributed by atoms with Gasteiger partial charge in [0.25, 0.3) is 0 Å². The van der Waals surface area contributed by atoms with Gasteiger partial charge in [-0.1, -0.05) is 0 Å². The SMILES string of the molecule is CC1(C(=O)O)CCc2sc3ncnc(OC4CCC(N5CCOCC5)CC4)c3c2C1. The number of carboxylic acid groups (broad SMARTS) is 1. The van der Waals surface area contributed by atoms with Crippen molar-refractivity contribution >= 4 is 27.5 Å². The second-order valence-corrected chi connectivity index (χ2v) is 10.2. The minimum Gasteiger partial charge on any atom is -0.481 e. The van der Waals surface area contributed by atoms with Gasteiger partial charge in [0.2, 0.25) is 5.88 Å². The first-order chi connectivity index (χ1) is 14.5. The van der Waals surface area contributed by atoms with Gasteiger partial charge in [-0.05, 0) is 57.4 Å². The number of hydrogen-bond donors (Lipinski definition) is 1. The summed E-state index contributed by atoms with van der Waals surface area (Å²) >= 11 is 1.66. The zero-order valence-corrected chi connectivity index (χ0v) is 18.2. The monoisotopic (exact) mass is 431 g/mol. The van der Waals surface area contributed by atoms with E-state index in [4.69, 9.17) is 9.47 Å². The number of aliphatic carboxylic acids is 1. The van der Waals surface area contributed by atoms with Gasteiger partial charge in [-0.3, -0.25) is 9.69 Å². The van der Waals surface area contributed by atoms with Crippen molar-refractivity contribution in [3.05, 3.63) is 16.8 Å². The summed E-state index contributed by atoms with van der Waals surface area (Å²) in [5, 5.41) is 10.7. The van der Waals surface area contributed by atoms with Crippen LogP contribution in [0.3, 0.4) is 0 Å². The summed E-state index contributed by atoms with van der Waals surface area (Å²) in [7, 11) is 0. The molecular formula is C22H29N3O4S. The van der Waals surface area contributed by atoms with Gasteiger partial charge in [-0.2, -0.15) is 0 Å². The maximum Gasteiger partial charge on any atom is 0.309 e. The average Bonchev–Trinajstić information content (AvgIpc) is 3.13. The molecule has 2 fully saturated rings. The molecule has 30 heavy (non-hydrogen) atoms. The number of carboxylic acids is 1. The highest BCUT2D eigenvalue weighted by atomic mass is 32.1. The number of thiophene rings is 1. The van der Waals surface area contributed by atoms with Gasteiger partial charge in [-0.15, -0.1) is 11.3 Å². The van der Waals surface area contributed by atoms with Crippen LogP contribution in [0.2, 0.25) is 0 Å². The van der Waals surface area contributed by atoms with E-state index < -0.39 is 11.4 Å². The first kappa shape index (κ1) is 20.2. The molecule has 2 aliphatic carbocycles. The Balaban J connectivity index is 1.33. The summed E-state index contributed by atoms with van der Waals surface area (Å²) in [6, 6.07) is 0.629. The van der Waals surface area contributed by atoms with Gasteiger partial charge in [-0.25, -0.2) is 9.97 Å². The van der Waals surface area contributed by atoms with Crippen molar-refractivity contribution in [2.24, 2.45) is 5.41 Å². The van der Waals surface area contributed by atoms with Crippen molar-refractivity contribution in [3.63, 3.8) is 0 Å². The van der Waals surface area contributed by atoms with Crippen LogP contribution in [0.25, 0.3) is 10.2 Å². The number of carbonyl (C=O) groups is 1. The van der Waals surface area contributed by atoms with Crippen molar-refractivity contribution in [3.8, 4) is 5.88 Å². The summed E-state index contributed by atoms with van der Waals surface area (Å²) in [6.07, 6.45) is 8.01. The first-order valence-corrected chi connectivity index (χ1v) is 11.8. The third-order valence-electron chi connectivity index (χ3n) is 7.11. The summed E-state index contributed by atoms with van der Waals surface area (Å²) in [6.45, 7) is 5.60. The van der Waals surface area contributed by atoms with Crippen molar-refractivity contribution in [2.45, 2.75) is 64.0 Å². The van der Waals surface area contributed by atoms with Crippen LogP contribution >= 0.6 is 11.3 Å². The standard InChI is InChI=1S/C22H29N3O4S/c1-22(21(26)27)7-6-17-16(12-22)18-19(23-13-24-20(18)30-17)29-15-4-2-14(3-5-15)25-8-10-28-11-9-25/h13-15H,2-12H2,1H3,(H,26,27). The quantitative estimate of drug-likeness (QED) is 0.795. The molecule has 5 rings (SSSR count). The van der Waals surface area contributed by atoms with Gasteiger partial charge in [0.1, 0.15) is 17.3 Å². The Hall–Kier alpha value is -1.77. The van der Waals surface area contributed by atoms with Gasteiger partial charge in [0.15, 0.2) is 0 Å². The zero-order chi connectivity index (χ0) is 20.7. The van der Waals surface area contributed by atoms with Crippen LogP contribution in [0.15, 0.2) is 6.33 Å². The molecule has 162 valence electrons. The van der Waals surface area contributed by atoms with E-state index in [0.29, 0.717) is 24.8 Å². The van der Waals surface area contributed by atoms with Crippen molar-refractivity contribution in [2.75, 3.05) is 26.3 Å². The molecule has 2 aromatic rings. The van der Waals surface area contributed by atoms with Crippen molar-refractivity contribution in [1.29, 1.82) is 0 Å². The summed E-state index contributed by atoms with van der Waals surface area (Å²) in [4.78, 5) is 25.5. The fourth-order valence-electron chi connectivity index (χ4n) is 5.17. The lowest BCUT2D eigenvalue weighted by atomic mass is 9.75. The maximum absolute atomic E-state index is 11.8. The smallest absolute Gasteiger partial charge is 0.309 e. The van der Waals surface area contributed by atoms with Gasteiger partial charge >= 0.3 is 5.97 Å². The Labute approximate surface area is 180 Å². The summed E-state index contributed by atoms with van der Waals surface area (Å²) < 4.78 is 11.9. The second kappa shape index (κ2) is 8.05.